The molecule has 7 nitrogen and oxygen atoms in total. The summed E-state index contributed by atoms with van der Waals surface area (Å²) in [7, 11) is 0. The Kier molecular flexibility index (Phi) is 4.31. The van der Waals surface area contributed by atoms with Gasteiger partial charge in [-0.1, -0.05) is 13.8 Å². The van der Waals surface area contributed by atoms with Gasteiger partial charge in [-0.3, -0.25) is 10.6 Å². The third-order valence-electron chi connectivity index (χ3n) is 3.03. The van der Waals surface area contributed by atoms with E-state index in [1.807, 2.05) is 13.8 Å². The van der Waals surface area contributed by atoms with Crippen molar-refractivity contribution in [2.45, 2.75) is 45.4 Å². The van der Waals surface area contributed by atoms with Gasteiger partial charge in [-0.25, -0.2) is 15.1 Å². The second-order valence-corrected chi connectivity index (χ2v) is 5.35. The van der Waals surface area contributed by atoms with Crippen LogP contribution in [-0.2, 0) is 9.53 Å². The van der Waals surface area contributed by atoms with Gasteiger partial charge in [-0.2, -0.15) is 0 Å². The number of cyclic esters (lactones) is 1. The zero-order valence-electron chi connectivity index (χ0n) is 11.1. The van der Waals surface area contributed by atoms with Gasteiger partial charge in [-0.15, -0.1) is 0 Å². The Morgan fingerprint density at radius 3 is 2.56 bits per heavy atom. The van der Waals surface area contributed by atoms with Crippen LogP contribution in [0.15, 0.2) is 0 Å². The van der Waals surface area contributed by atoms with Crippen molar-refractivity contribution in [3.8, 4) is 0 Å². The molecule has 4 N–H and O–H groups in total. The Morgan fingerprint density at radius 2 is 2.17 bits per heavy atom. The van der Waals surface area contributed by atoms with Gasteiger partial charge in [0.2, 0.25) is 0 Å². The van der Waals surface area contributed by atoms with Gasteiger partial charge in [0.05, 0.1) is 11.6 Å². The molecule has 2 amide bonds. The highest BCUT2D eigenvalue weighted by Crippen LogP contribution is 2.22. The average molecular weight is 259 g/mol. The maximum Gasteiger partial charge on any atom is 0.417 e. The summed E-state index contributed by atoms with van der Waals surface area (Å²) in [6.45, 7) is 6.84. The van der Waals surface area contributed by atoms with Gasteiger partial charge in [0.25, 0.3) is 5.91 Å². The normalized spacial score (nSPS) is 22.3. The number of aliphatic hydroxyl groups is 1. The van der Waals surface area contributed by atoms with Crippen LogP contribution in [0.4, 0.5) is 4.79 Å². The zero-order chi connectivity index (χ0) is 14.1. The standard InChI is InChI=1S/C11H21N3O4/c1-6(2)7-5-18-10(16)14(7)9(15)8(13-12)11(3,4)17/h6-8,13,17H,5,12H2,1-4H3/t7?,8-/m1/s1. The molecular formula is C11H21N3O4. The van der Waals surface area contributed by atoms with Gasteiger partial charge >= 0.3 is 6.09 Å². The van der Waals surface area contributed by atoms with E-state index in [9.17, 15) is 14.7 Å². The Morgan fingerprint density at radius 1 is 1.61 bits per heavy atom. The van der Waals surface area contributed by atoms with E-state index in [2.05, 4.69) is 5.43 Å². The van der Waals surface area contributed by atoms with Crippen molar-refractivity contribution in [1.29, 1.82) is 0 Å². The molecule has 1 heterocycles. The molecule has 0 aliphatic carbocycles. The number of nitrogens with two attached hydrogens (primary N) is 1. The summed E-state index contributed by atoms with van der Waals surface area (Å²) >= 11 is 0. The zero-order valence-corrected chi connectivity index (χ0v) is 11.1. The van der Waals surface area contributed by atoms with Crippen molar-refractivity contribution in [1.82, 2.24) is 10.3 Å². The van der Waals surface area contributed by atoms with Crippen LogP contribution in [0.2, 0.25) is 0 Å². The Hall–Kier alpha value is -1.18. The number of nitrogens with zero attached hydrogens (tertiary/aromatic N) is 1. The van der Waals surface area contributed by atoms with Crippen LogP contribution in [0.3, 0.4) is 0 Å². The molecule has 1 unspecified atom stereocenters. The van der Waals surface area contributed by atoms with Crippen molar-refractivity contribution >= 4 is 12.0 Å². The van der Waals surface area contributed by atoms with Crippen LogP contribution in [0.25, 0.3) is 0 Å². The lowest BCUT2D eigenvalue weighted by atomic mass is 9.96. The number of imide groups is 1. The van der Waals surface area contributed by atoms with E-state index >= 15 is 0 Å². The largest absolute Gasteiger partial charge is 0.447 e. The smallest absolute Gasteiger partial charge is 0.417 e. The van der Waals surface area contributed by atoms with Crippen LogP contribution in [0, 0.1) is 5.92 Å². The number of rotatable bonds is 4. The summed E-state index contributed by atoms with van der Waals surface area (Å²) in [4.78, 5) is 24.9. The highest BCUT2D eigenvalue weighted by Gasteiger charge is 2.45. The number of hydrogen-bond acceptors (Lipinski definition) is 6. The molecule has 1 fully saturated rings. The second kappa shape index (κ2) is 5.21. The SMILES string of the molecule is CC(C)C1COC(=O)N1C(=O)[C@@H](NN)C(C)(C)O. The molecule has 0 aromatic rings. The maximum absolute atomic E-state index is 12.3. The lowest BCUT2D eigenvalue weighted by Crippen LogP contribution is -2.61. The number of carbonyl (C=O) groups excluding carboxylic acids is 2. The van der Waals surface area contributed by atoms with Gasteiger partial charge in [0, 0.05) is 0 Å². The number of carbonyl (C=O) groups is 2. The molecule has 0 aromatic carbocycles. The molecule has 18 heavy (non-hydrogen) atoms. The first-order valence-corrected chi connectivity index (χ1v) is 5.88. The average Bonchev–Trinajstić information content (AvgIpc) is 2.58. The van der Waals surface area contributed by atoms with Crippen LogP contribution in [0.5, 0.6) is 0 Å². The molecule has 0 saturated carbocycles. The van der Waals surface area contributed by atoms with E-state index in [1.54, 1.807) is 0 Å². The molecule has 7 heteroatoms. The third-order valence-corrected chi connectivity index (χ3v) is 3.03. The van der Waals surface area contributed by atoms with Crippen molar-refractivity contribution in [2.75, 3.05) is 6.61 Å². The molecule has 0 bridgehead atoms. The third kappa shape index (κ3) is 2.80. The minimum atomic E-state index is -1.38. The topological polar surface area (TPSA) is 105 Å². The van der Waals surface area contributed by atoms with Gasteiger partial charge in [0.1, 0.15) is 12.6 Å². The van der Waals surface area contributed by atoms with Gasteiger partial charge < -0.3 is 9.84 Å². The second-order valence-electron chi connectivity index (χ2n) is 5.35. The van der Waals surface area contributed by atoms with Crippen molar-refractivity contribution in [2.24, 2.45) is 11.8 Å². The molecular weight excluding hydrogens is 238 g/mol. The molecule has 1 saturated heterocycles. The first kappa shape index (κ1) is 14.9. The fourth-order valence-corrected chi connectivity index (χ4v) is 1.90. The highest BCUT2D eigenvalue weighted by molar-refractivity contribution is 5.97. The van der Waals surface area contributed by atoms with E-state index in [0.717, 1.165) is 4.90 Å². The molecule has 1 aliphatic rings. The number of nitrogens with one attached hydrogen (secondary N) is 1. The monoisotopic (exact) mass is 259 g/mol. The summed E-state index contributed by atoms with van der Waals surface area (Å²) in [6, 6.07) is -1.40. The first-order chi connectivity index (χ1) is 8.20. The number of hydrogen-bond donors (Lipinski definition) is 3. The fourth-order valence-electron chi connectivity index (χ4n) is 1.90. The van der Waals surface area contributed by atoms with Gasteiger partial charge in [0.15, 0.2) is 0 Å². The molecule has 2 atom stereocenters. The summed E-state index contributed by atoms with van der Waals surface area (Å²) in [5.74, 6) is 4.78. The number of ether oxygens (including phenoxy) is 1. The Bertz CT molecular complexity index is 338. The quantitative estimate of drug-likeness (QED) is 0.468. The number of amides is 2. The highest BCUT2D eigenvalue weighted by atomic mass is 16.6. The minimum absolute atomic E-state index is 0.0700. The predicted octanol–water partition coefficient (Wildman–Crippen LogP) is -0.407. The molecule has 104 valence electrons. The van der Waals surface area contributed by atoms with Crippen molar-refractivity contribution in [3.05, 3.63) is 0 Å². The maximum atomic E-state index is 12.3. The predicted molar refractivity (Wildman–Crippen MR) is 64.2 cm³/mol. The summed E-state index contributed by atoms with van der Waals surface area (Å²) in [5, 5.41) is 9.88. The van der Waals surface area contributed by atoms with Crippen LogP contribution in [-0.4, -0.2) is 46.3 Å². The van der Waals surface area contributed by atoms with Crippen LogP contribution in [0.1, 0.15) is 27.7 Å². The van der Waals surface area contributed by atoms with E-state index in [-0.39, 0.29) is 18.6 Å². The Balaban J connectivity index is 2.96. The van der Waals surface area contributed by atoms with Crippen molar-refractivity contribution < 1.29 is 19.4 Å². The van der Waals surface area contributed by atoms with Crippen molar-refractivity contribution in [3.63, 3.8) is 0 Å². The molecule has 0 aromatic heterocycles. The van der Waals surface area contributed by atoms with E-state index < -0.39 is 23.6 Å². The van der Waals surface area contributed by atoms with Gasteiger partial charge in [-0.05, 0) is 19.8 Å². The number of hydrazine groups is 1. The lowest BCUT2D eigenvalue weighted by molar-refractivity contribution is -0.137. The fraction of sp³-hybridized carbons (Fsp3) is 0.818. The Labute approximate surface area is 106 Å². The van der Waals surface area contributed by atoms with Crippen LogP contribution >= 0.6 is 0 Å². The molecule has 1 rings (SSSR count). The van der Waals surface area contributed by atoms with Crippen LogP contribution < -0.4 is 11.3 Å². The van der Waals surface area contributed by atoms with E-state index in [1.165, 1.54) is 13.8 Å². The summed E-state index contributed by atoms with van der Waals surface area (Å²) in [6.07, 6.45) is -0.691. The lowest BCUT2D eigenvalue weighted by Gasteiger charge is -2.32. The molecule has 0 spiro atoms. The van der Waals surface area contributed by atoms with E-state index in [0.29, 0.717) is 0 Å². The molecule has 1 aliphatic heterocycles. The van der Waals surface area contributed by atoms with E-state index in [4.69, 9.17) is 10.6 Å². The minimum Gasteiger partial charge on any atom is -0.447 e. The summed E-state index contributed by atoms with van der Waals surface area (Å²) < 4.78 is 4.88. The molecule has 0 radical (unpaired) electrons. The summed E-state index contributed by atoms with van der Waals surface area (Å²) in [5.41, 5.74) is 0.871. The first-order valence-electron chi connectivity index (χ1n) is 5.88.